The molecular weight excluding hydrogens is 252 g/mol. The summed E-state index contributed by atoms with van der Waals surface area (Å²) < 4.78 is 10.8. The summed E-state index contributed by atoms with van der Waals surface area (Å²) >= 11 is 0. The van der Waals surface area contributed by atoms with Crippen LogP contribution in [0, 0.1) is 20.8 Å². The van der Waals surface area contributed by atoms with E-state index in [-0.39, 0.29) is 6.61 Å². The number of benzene rings is 2. The van der Waals surface area contributed by atoms with Gasteiger partial charge in [-0.3, -0.25) is 0 Å². The molecular formula is C17H18O3. The molecule has 2 rings (SSSR count). The quantitative estimate of drug-likeness (QED) is 0.629. The zero-order valence-electron chi connectivity index (χ0n) is 12.0. The third-order valence-electron chi connectivity index (χ3n) is 3.01. The van der Waals surface area contributed by atoms with Crippen LogP contribution in [-0.4, -0.2) is 12.6 Å². The molecule has 0 heterocycles. The molecule has 0 unspecified atom stereocenters. The van der Waals surface area contributed by atoms with Crippen molar-refractivity contribution >= 4 is 5.97 Å². The molecule has 0 saturated heterocycles. The molecule has 0 radical (unpaired) electrons. The Morgan fingerprint density at radius 1 is 0.950 bits per heavy atom. The number of hydrogen-bond donors (Lipinski definition) is 0. The van der Waals surface area contributed by atoms with Crippen molar-refractivity contribution in [1.82, 2.24) is 0 Å². The minimum Gasteiger partial charge on any atom is -0.482 e. The first-order valence-electron chi connectivity index (χ1n) is 6.52. The molecule has 2 aromatic rings. The molecule has 0 saturated carbocycles. The van der Waals surface area contributed by atoms with E-state index in [1.165, 1.54) is 0 Å². The largest absolute Gasteiger partial charge is 0.482 e. The third kappa shape index (κ3) is 3.60. The van der Waals surface area contributed by atoms with Gasteiger partial charge in [-0.1, -0.05) is 30.3 Å². The lowest BCUT2D eigenvalue weighted by atomic mass is 10.1. The first-order valence-corrected chi connectivity index (χ1v) is 6.52. The van der Waals surface area contributed by atoms with E-state index in [2.05, 4.69) is 0 Å². The second kappa shape index (κ2) is 6.24. The topological polar surface area (TPSA) is 35.5 Å². The van der Waals surface area contributed by atoms with Gasteiger partial charge in [0, 0.05) is 0 Å². The molecule has 0 fully saturated rings. The summed E-state index contributed by atoms with van der Waals surface area (Å²) in [5.74, 6) is 0.883. The summed E-state index contributed by atoms with van der Waals surface area (Å²) in [7, 11) is 0. The average molecular weight is 270 g/mol. The van der Waals surface area contributed by atoms with Crippen molar-refractivity contribution in [3.8, 4) is 11.5 Å². The molecule has 0 aliphatic rings. The van der Waals surface area contributed by atoms with E-state index >= 15 is 0 Å². The van der Waals surface area contributed by atoms with Gasteiger partial charge in [-0.25, -0.2) is 4.79 Å². The monoisotopic (exact) mass is 270 g/mol. The molecule has 0 aliphatic carbocycles. The highest BCUT2D eigenvalue weighted by atomic mass is 16.6. The van der Waals surface area contributed by atoms with Crippen molar-refractivity contribution in [2.24, 2.45) is 0 Å². The van der Waals surface area contributed by atoms with Crippen LogP contribution in [-0.2, 0) is 4.79 Å². The molecule has 0 aromatic heterocycles. The predicted molar refractivity (Wildman–Crippen MR) is 78.2 cm³/mol. The normalized spacial score (nSPS) is 10.2. The molecule has 3 nitrogen and oxygen atoms in total. The number of ether oxygens (including phenoxy) is 2. The van der Waals surface area contributed by atoms with Crippen molar-refractivity contribution in [3.05, 3.63) is 59.2 Å². The zero-order chi connectivity index (χ0) is 14.5. The van der Waals surface area contributed by atoms with Crippen LogP contribution >= 0.6 is 0 Å². The Bertz CT molecular complexity index is 617. The smallest absolute Gasteiger partial charge is 0.349 e. The van der Waals surface area contributed by atoms with Crippen LogP contribution in [0.3, 0.4) is 0 Å². The molecule has 2 aromatic carbocycles. The summed E-state index contributed by atoms with van der Waals surface area (Å²) in [5.41, 5.74) is 3.02. The minimum absolute atomic E-state index is 0.0986. The number of para-hydroxylation sites is 1. The minimum atomic E-state index is -0.403. The number of carbonyl (C=O) groups is 1. The van der Waals surface area contributed by atoms with Gasteiger partial charge in [0.2, 0.25) is 0 Å². The van der Waals surface area contributed by atoms with Crippen molar-refractivity contribution in [3.63, 3.8) is 0 Å². The van der Waals surface area contributed by atoms with E-state index in [9.17, 15) is 4.79 Å². The number of carbonyl (C=O) groups excluding carboxylic acids is 1. The SMILES string of the molecule is Cc1ccc(C)c(OCC(=O)Oc2ccccc2C)c1. The molecule has 0 bridgehead atoms. The Labute approximate surface area is 119 Å². The maximum atomic E-state index is 11.8. The van der Waals surface area contributed by atoms with Crippen LogP contribution < -0.4 is 9.47 Å². The predicted octanol–water partition coefficient (Wildman–Crippen LogP) is 3.60. The lowest BCUT2D eigenvalue weighted by molar-refractivity contribution is -0.136. The van der Waals surface area contributed by atoms with Crippen LogP contribution in [0.15, 0.2) is 42.5 Å². The first-order chi connectivity index (χ1) is 9.56. The van der Waals surface area contributed by atoms with Gasteiger partial charge in [0.15, 0.2) is 6.61 Å². The fourth-order valence-electron chi connectivity index (χ4n) is 1.82. The van der Waals surface area contributed by atoms with E-state index in [4.69, 9.17) is 9.47 Å². The Morgan fingerprint density at radius 3 is 2.40 bits per heavy atom. The van der Waals surface area contributed by atoms with Gasteiger partial charge in [0.1, 0.15) is 11.5 Å². The van der Waals surface area contributed by atoms with Gasteiger partial charge in [-0.2, -0.15) is 0 Å². The molecule has 104 valence electrons. The highest BCUT2D eigenvalue weighted by Gasteiger charge is 2.09. The maximum Gasteiger partial charge on any atom is 0.349 e. The highest BCUT2D eigenvalue weighted by molar-refractivity contribution is 5.74. The molecule has 3 heteroatoms. The lowest BCUT2D eigenvalue weighted by Gasteiger charge is -2.10. The number of aryl methyl sites for hydroxylation is 3. The molecule has 0 aliphatic heterocycles. The van der Waals surface area contributed by atoms with Gasteiger partial charge < -0.3 is 9.47 Å². The molecule has 0 N–H and O–H groups in total. The Morgan fingerprint density at radius 2 is 1.65 bits per heavy atom. The Kier molecular flexibility index (Phi) is 4.41. The van der Waals surface area contributed by atoms with Gasteiger partial charge in [0.05, 0.1) is 0 Å². The van der Waals surface area contributed by atoms with Crippen molar-refractivity contribution < 1.29 is 14.3 Å². The Hall–Kier alpha value is -2.29. The summed E-state index contributed by atoms with van der Waals surface area (Å²) in [6.07, 6.45) is 0. The van der Waals surface area contributed by atoms with E-state index in [1.54, 1.807) is 6.07 Å². The molecule has 0 amide bonds. The number of rotatable bonds is 4. The average Bonchev–Trinajstić information content (AvgIpc) is 2.42. The van der Waals surface area contributed by atoms with Crippen LogP contribution in [0.1, 0.15) is 16.7 Å². The summed E-state index contributed by atoms with van der Waals surface area (Å²) in [6.45, 7) is 5.73. The zero-order valence-corrected chi connectivity index (χ0v) is 12.0. The summed E-state index contributed by atoms with van der Waals surface area (Å²) in [4.78, 5) is 11.8. The van der Waals surface area contributed by atoms with E-state index in [1.807, 2.05) is 57.2 Å². The fraction of sp³-hybridized carbons (Fsp3) is 0.235. The van der Waals surface area contributed by atoms with Crippen molar-refractivity contribution in [2.75, 3.05) is 6.61 Å². The second-order valence-corrected chi connectivity index (χ2v) is 4.80. The van der Waals surface area contributed by atoms with Crippen LogP contribution in [0.4, 0.5) is 0 Å². The fourth-order valence-corrected chi connectivity index (χ4v) is 1.82. The van der Waals surface area contributed by atoms with Crippen molar-refractivity contribution in [2.45, 2.75) is 20.8 Å². The van der Waals surface area contributed by atoms with Crippen LogP contribution in [0.2, 0.25) is 0 Å². The molecule has 0 spiro atoms. The summed E-state index contributed by atoms with van der Waals surface area (Å²) in [6, 6.07) is 13.3. The number of hydrogen-bond acceptors (Lipinski definition) is 3. The highest BCUT2D eigenvalue weighted by Crippen LogP contribution is 2.20. The van der Waals surface area contributed by atoms with Gasteiger partial charge in [0.25, 0.3) is 0 Å². The van der Waals surface area contributed by atoms with E-state index in [0.717, 1.165) is 16.7 Å². The third-order valence-corrected chi connectivity index (χ3v) is 3.01. The van der Waals surface area contributed by atoms with E-state index in [0.29, 0.717) is 11.5 Å². The summed E-state index contributed by atoms with van der Waals surface area (Å²) in [5, 5.41) is 0. The second-order valence-electron chi connectivity index (χ2n) is 4.80. The molecule has 20 heavy (non-hydrogen) atoms. The maximum absolute atomic E-state index is 11.8. The number of esters is 1. The van der Waals surface area contributed by atoms with Crippen LogP contribution in [0.5, 0.6) is 11.5 Å². The van der Waals surface area contributed by atoms with E-state index < -0.39 is 5.97 Å². The Balaban J connectivity index is 1.96. The van der Waals surface area contributed by atoms with Crippen molar-refractivity contribution in [1.29, 1.82) is 0 Å². The van der Waals surface area contributed by atoms with Crippen LogP contribution in [0.25, 0.3) is 0 Å². The first kappa shape index (κ1) is 14.1. The van der Waals surface area contributed by atoms with Gasteiger partial charge >= 0.3 is 5.97 Å². The standard InChI is InChI=1S/C17H18O3/c1-12-8-9-14(3)16(10-12)19-11-17(18)20-15-7-5-4-6-13(15)2/h4-10H,11H2,1-3H3. The molecule has 0 atom stereocenters. The lowest BCUT2D eigenvalue weighted by Crippen LogP contribution is -2.18. The van der Waals surface area contributed by atoms with Gasteiger partial charge in [-0.05, 0) is 49.6 Å². The van der Waals surface area contributed by atoms with Gasteiger partial charge in [-0.15, -0.1) is 0 Å².